The van der Waals surface area contributed by atoms with Crippen LogP contribution in [0, 0.1) is 5.82 Å². The first-order valence-electron chi connectivity index (χ1n) is 5.71. The molecule has 1 heterocycles. The summed E-state index contributed by atoms with van der Waals surface area (Å²) < 4.78 is 23.8. The third-order valence-electron chi connectivity index (χ3n) is 3.01. The number of benzene rings is 1. The summed E-state index contributed by atoms with van der Waals surface area (Å²) in [5.41, 5.74) is 5.13. The first-order chi connectivity index (χ1) is 8.54. The molecule has 0 radical (unpaired) electrons. The molecular weight excluding hydrogens is 239 g/mol. The van der Waals surface area contributed by atoms with Crippen molar-refractivity contribution in [2.45, 2.75) is 12.0 Å². The van der Waals surface area contributed by atoms with Crippen LogP contribution in [0.15, 0.2) is 12.1 Å². The standard InChI is InChI=1S/C12H17FN2O3/c1-17-11-5-10(8(13)4-9(11)14)15-6-12(16)2-3-18-7-12/h4-5,15-16H,2-3,6-7,14H2,1H3. The zero-order chi connectivity index (χ0) is 13.2. The van der Waals surface area contributed by atoms with Crippen molar-refractivity contribution in [3.05, 3.63) is 17.9 Å². The highest BCUT2D eigenvalue weighted by molar-refractivity contribution is 5.62. The summed E-state index contributed by atoms with van der Waals surface area (Å²) in [6.45, 7) is 0.996. The Morgan fingerprint density at radius 2 is 2.39 bits per heavy atom. The van der Waals surface area contributed by atoms with E-state index in [9.17, 15) is 9.50 Å². The molecule has 2 rings (SSSR count). The van der Waals surface area contributed by atoms with Crippen molar-refractivity contribution in [1.29, 1.82) is 0 Å². The molecule has 1 atom stereocenters. The summed E-state index contributed by atoms with van der Waals surface area (Å²) in [6, 6.07) is 2.67. The Balaban J connectivity index is 2.09. The quantitative estimate of drug-likeness (QED) is 0.700. The molecule has 18 heavy (non-hydrogen) atoms. The van der Waals surface area contributed by atoms with Gasteiger partial charge in [-0.1, -0.05) is 0 Å². The fourth-order valence-electron chi connectivity index (χ4n) is 1.88. The van der Waals surface area contributed by atoms with Crippen molar-refractivity contribution >= 4 is 11.4 Å². The van der Waals surface area contributed by atoms with Crippen molar-refractivity contribution in [2.75, 3.05) is 37.9 Å². The number of nitrogens with two attached hydrogens (primary N) is 1. The van der Waals surface area contributed by atoms with E-state index in [0.29, 0.717) is 18.8 Å². The van der Waals surface area contributed by atoms with Crippen LogP contribution >= 0.6 is 0 Å². The van der Waals surface area contributed by atoms with E-state index >= 15 is 0 Å². The molecule has 100 valence electrons. The van der Waals surface area contributed by atoms with Gasteiger partial charge in [-0.25, -0.2) is 4.39 Å². The van der Waals surface area contributed by atoms with Crippen molar-refractivity contribution in [2.24, 2.45) is 0 Å². The number of halogens is 1. The van der Waals surface area contributed by atoms with E-state index < -0.39 is 11.4 Å². The Morgan fingerprint density at radius 3 is 3.00 bits per heavy atom. The molecule has 0 bridgehead atoms. The molecule has 1 aromatic rings. The van der Waals surface area contributed by atoms with Crippen LogP contribution in [0.1, 0.15) is 6.42 Å². The minimum Gasteiger partial charge on any atom is -0.495 e. The van der Waals surface area contributed by atoms with Gasteiger partial charge in [0.25, 0.3) is 0 Å². The third kappa shape index (κ3) is 2.65. The smallest absolute Gasteiger partial charge is 0.148 e. The van der Waals surface area contributed by atoms with E-state index in [-0.39, 0.29) is 24.5 Å². The van der Waals surface area contributed by atoms with E-state index in [1.807, 2.05) is 0 Å². The maximum atomic E-state index is 13.7. The summed E-state index contributed by atoms with van der Waals surface area (Å²) in [4.78, 5) is 0. The summed E-state index contributed by atoms with van der Waals surface area (Å²) in [7, 11) is 1.46. The Kier molecular flexibility index (Phi) is 3.58. The van der Waals surface area contributed by atoms with Gasteiger partial charge in [0.05, 0.1) is 25.1 Å². The van der Waals surface area contributed by atoms with Crippen LogP contribution in [0.2, 0.25) is 0 Å². The maximum absolute atomic E-state index is 13.7. The highest BCUT2D eigenvalue weighted by atomic mass is 19.1. The SMILES string of the molecule is COc1cc(NCC2(O)CCOC2)c(F)cc1N. The molecule has 1 aromatic carbocycles. The molecule has 0 amide bonds. The topological polar surface area (TPSA) is 76.7 Å². The molecule has 0 saturated carbocycles. The zero-order valence-electron chi connectivity index (χ0n) is 10.2. The van der Waals surface area contributed by atoms with Gasteiger partial charge >= 0.3 is 0 Å². The molecule has 1 aliphatic heterocycles. The minimum atomic E-state index is -0.943. The van der Waals surface area contributed by atoms with Crippen molar-refractivity contribution in [3.63, 3.8) is 0 Å². The van der Waals surface area contributed by atoms with Gasteiger partial charge in [-0.15, -0.1) is 0 Å². The normalized spacial score (nSPS) is 23.1. The van der Waals surface area contributed by atoms with Gasteiger partial charge in [-0.2, -0.15) is 0 Å². The molecule has 1 saturated heterocycles. The minimum absolute atomic E-state index is 0.219. The van der Waals surface area contributed by atoms with Crippen LogP contribution in [0.25, 0.3) is 0 Å². The van der Waals surface area contributed by atoms with E-state index in [4.69, 9.17) is 15.2 Å². The Hall–Kier alpha value is -1.53. The maximum Gasteiger partial charge on any atom is 0.148 e. The fraction of sp³-hybridized carbons (Fsp3) is 0.500. The van der Waals surface area contributed by atoms with Crippen molar-refractivity contribution in [3.8, 4) is 5.75 Å². The zero-order valence-corrected chi connectivity index (χ0v) is 10.2. The van der Waals surface area contributed by atoms with Crippen LogP contribution in [-0.2, 0) is 4.74 Å². The average molecular weight is 256 g/mol. The Labute approximate surface area is 105 Å². The first kappa shape index (κ1) is 12.9. The number of rotatable bonds is 4. The number of nitrogen functional groups attached to an aromatic ring is 1. The van der Waals surface area contributed by atoms with Gasteiger partial charge in [-0.05, 0) is 0 Å². The van der Waals surface area contributed by atoms with Crippen LogP contribution in [-0.4, -0.2) is 37.6 Å². The summed E-state index contributed by atoms with van der Waals surface area (Å²) in [5, 5.41) is 12.9. The highest BCUT2D eigenvalue weighted by Crippen LogP contribution is 2.29. The van der Waals surface area contributed by atoms with Gasteiger partial charge in [0, 0.05) is 31.7 Å². The lowest BCUT2D eigenvalue weighted by Gasteiger charge is -2.22. The molecule has 5 nitrogen and oxygen atoms in total. The molecule has 0 spiro atoms. The molecule has 1 unspecified atom stereocenters. The predicted molar refractivity (Wildman–Crippen MR) is 66.2 cm³/mol. The molecule has 0 aliphatic carbocycles. The van der Waals surface area contributed by atoms with Crippen LogP contribution in [0.3, 0.4) is 0 Å². The second-order valence-electron chi connectivity index (χ2n) is 4.45. The monoisotopic (exact) mass is 256 g/mol. The van der Waals surface area contributed by atoms with Crippen LogP contribution in [0.5, 0.6) is 5.75 Å². The number of aliphatic hydroxyl groups is 1. The summed E-state index contributed by atoms with van der Waals surface area (Å²) in [6.07, 6.45) is 0.535. The summed E-state index contributed by atoms with van der Waals surface area (Å²) in [5.74, 6) is -0.0793. The second-order valence-corrected chi connectivity index (χ2v) is 4.45. The van der Waals surface area contributed by atoms with Crippen molar-refractivity contribution < 1.29 is 19.0 Å². The van der Waals surface area contributed by atoms with Crippen molar-refractivity contribution in [1.82, 2.24) is 0 Å². The molecule has 0 aromatic heterocycles. The van der Waals surface area contributed by atoms with Gasteiger partial charge in [-0.3, -0.25) is 0 Å². The molecule has 6 heteroatoms. The van der Waals surface area contributed by atoms with Gasteiger partial charge in [0.15, 0.2) is 0 Å². The number of hydrogen-bond donors (Lipinski definition) is 3. The van der Waals surface area contributed by atoms with Gasteiger partial charge < -0.3 is 25.6 Å². The number of nitrogens with one attached hydrogen (secondary N) is 1. The Bertz CT molecular complexity index is 434. The third-order valence-corrected chi connectivity index (χ3v) is 3.01. The number of methoxy groups -OCH3 is 1. The average Bonchev–Trinajstić information content (AvgIpc) is 2.76. The highest BCUT2D eigenvalue weighted by Gasteiger charge is 2.32. The molecule has 1 fully saturated rings. The molecule has 4 N–H and O–H groups in total. The molecule has 1 aliphatic rings. The fourth-order valence-corrected chi connectivity index (χ4v) is 1.88. The number of ether oxygens (including phenoxy) is 2. The Morgan fingerprint density at radius 1 is 1.61 bits per heavy atom. The lowest BCUT2D eigenvalue weighted by Crippen LogP contribution is -2.37. The van der Waals surface area contributed by atoms with Gasteiger partial charge in [0.2, 0.25) is 0 Å². The second kappa shape index (κ2) is 4.99. The summed E-state index contributed by atoms with van der Waals surface area (Å²) >= 11 is 0. The van der Waals surface area contributed by atoms with E-state index in [1.54, 1.807) is 0 Å². The largest absolute Gasteiger partial charge is 0.495 e. The van der Waals surface area contributed by atoms with E-state index in [0.717, 1.165) is 0 Å². The van der Waals surface area contributed by atoms with Crippen LogP contribution in [0.4, 0.5) is 15.8 Å². The lowest BCUT2D eigenvalue weighted by atomic mass is 10.0. The lowest BCUT2D eigenvalue weighted by molar-refractivity contribution is 0.0381. The molecular formula is C12H17FN2O3. The number of anilines is 2. The predicted octanol–water partition coefficient (Wildman–Crippen LogP) is 0.980. The van der Waals surface area contributed by atoms with Crippen LogP contribution < -0.4 is 15.8 Å². The van der Waals surface area contributed by atoms with E-state index in [1.165, 1.54) is 19.2 Å². The first-order valence-corrected chi connectivity index (χ1v) is 5.71. The van der Waals surface area contributed by atoms with Gasteiger partial charge in [0.1, 0.15) is 17.2 Å². The van der Waals surface area contributed by atoms with E-state index in [2.05, 4.69) is 5.32 Å². The number of hydrogen-bond acceptors (Lipinski definition) is 5.